The molecule has 3 aromatic rings. The topological polar surface area (TPSA) is 42.2 Å². The summed E-state index contributed by atoms with van der Waals surface area (Å²) in [6.07, 6.45) is 4.93. The highest BCUT2D eigenvalue weighted by atomic mass is 16.3. The molecule has 0 unspecified atom stereocenters. The maximum Gasteiger partial charge on any atom is 0.216 e. The molecule has 2 aromatic carbocycles. The predicted octanol–water partition coefficient (Wildman–Crippen LogP) is 4.68. The van der Waals surface area contributed by atoms with Gasteiger partial charge in [-0.05, 0) is 37.3 Å². The number of amides is 1. The normalized spacial score (nSPS) is 10.9. The molecule has 1 heterocycles. The maximum absolute atomic E-state index is 11.0. The second kappa shape index (κ2) is 8.52. The molecular formula is C22H25NO2. The lowest BCUT2D eigenvalue weighted by atomic mass is 10.0. The van der Waals surface area contributed by atoms with Crippen LogP contribution in [0.25, 0.3) is 11.0 Å². The van der Waals surface area contributed by atoms with Gasteiger partial charge in [-0.1, -0.05) is 48.5 Å². The maximum atomic E-state index is 11.0. The fraction of sp³-hybridized carbons (Fsp3) is 0.318. The lowest BCUT2D eigenvalue weighted by molar-refractivity contribution is -0.118. The number of carbonyl (C=O) groups excluding carboxylic acids is 1. The van der Waals surface area contributed by atoms with E-state index in [2.05, 4.69) is 47.8 Å². The lowest BCUT2D eigenvalue weighted by Gasteiger charge is -2.05. The summed E-state index contributed by atoms with van der Waals surface area (Å²) in [6, 6.07) is 18.8. The average Bonchev–Trinajstić information content (AvgIpc) is 2.97. The van der Waals surface area contributed by atoms with E-state index in [1.165, 1.54) is 16.5 Å². The van der Waals surface area contributed by atoms with Gasteiger partial charge in [-0.25, -0.2) is 0 Å². The third-order valence-corrected chi connectivity index (χ3v) is 4.47. The van der Waals surface area contributed by atoms with Crippen LogP contribution in [0.2, 0.25) is 0 Å². The molecule has 0 atom stereocenters. The number of para-hydroxylation sites is 1. The third kappa shape index (κ3) is 4.72. The van der Waals surface area contributed by atoms with Gasteiger partial charge < -0.3 is 9.73 Å². The molecule has 130 valence electrons. The number of rotatable bonds is 8. The molecule has 25 heavy (non-hydrogen) atoms. The SMILES string of the molecule is CC(=O)NCCCc1c(CCCc2ccccc2)oc2ccccc12. The predicted molar refractivity (Wildman–Crippen MR) is 102 cm³/mol. The van der Waals surface area contributed by atoms with E-state index >= 15 is 0 Å². The third-order valence-electron chi connectivity index (χ3n) is 4.47. The van der Waals surface area contributed by atoms with Crippen molar-refractivity contribution in [1.29, 1.82) is 0 Å². The fourth-order valence-electron chi connectivity index (χ4n) is 3.25. The van der Waals surface area contributed by atoms with Gasteiger partial charge in [-0.2, -0.15) is 0 Å². The molecule has 0 aliphatic rings. The Morgan fingerprint density at radius 1 is 0.920 bits per heavy atom. The van der Waals surface area contributed by atoms with E-state index in [4.69, 9.17) is 4.42 Å². The summed E-state index contributed by atoms with van der Waals surface area (Å²) in [4.78, 5) is 11.0. The Labute approximate surface area is 149 Å². The van der Waals surface area contributed by atoms with Crippen molar-refractivity contribution < 1.29 is 9.21 Å². The Morgan fingerprint density at radius 3 is 2.48 bits per heavy atom. The number of fused-ring (bicyclic) bond motifs is 1. The molecule has 1 amide bonds. The van der Waals surface area contributed by atoms with Crippen LogP contribution in [-0.4, -0.2) is 12.5 Å². The van der Waals surface area contributed by atoms with Gasteiger partial charge in [0, 0.05) is 30.8 Å². The highest BCUT2D eigenvalue weighted by Crippen LogP contribution is 2.28. The van der Waals surface area contributed by atoms with Crippen molar-refractivity contribution in [2.24, 2.45) is 0 Å². The summed E-state index contributed by atoms with van der Waals surface area (Å²) in [5, 5.41) is 4.08. The van der Waals surface area contributed by atoms with Crippen molar-refractivity contribution in [2.45, 2.75) is 39.0 Å². The molecule has 1 N–H and O–H groups in total. The van der Waals surface area contributed by atoms with E-state index in [1.54, 1.807) is 6.92 Å². The summed E-state index contributed by atoms with van der Waals surface area (Å²) in [7, 11) is 0. The van der Waals surface area contributed by atoms with Crippen LogP contribution in [0.15, 0.2) is 59.0 Å². The highest BCUT2D eigenvalue weighted by molar-refractivity contribution is 5.82. The average molecular weight is 335 g/mol. The number of hydrogen-bond acceptors (Lipinski definition) is 2. The number of carbonyl (C=O) groups is 1. The Bertz CT molecular complexity index is 820. The molecule has 0 aliphatic heterocycles. The minimum Gasteiger partial charge on any atom is -0.461 e. The number of nitrogens with one attached hydrogen (secondary N) is 1. The van der Waals surface area contributed by atoms with Crippen LogP contribution in [0.4, 0.5) is 0 Å². The second-order valence-electron chi connectivity index (χ2n) is 6.43. The standard InChI is InChI=1S/C22H25NO2/c1-17(24)23-16-8-13-20-19-12-5-6-14-21(19)25-22(20)15-7-11-18-9-3-2-4-10-18/h2-6,9-10,12,14H,7-8,11,13,15-16H2,1H3,(H,23,24). The van der Waals surface area contributed by atoms with Gasteiger partial charge in [0.05, 0.1) is 0 Å². The van der Waals surface area contributed by atoms with Gasteiger partial charge in [-0.3, -0.25) is 4.79 Å². The summed E-state index contributed by atoms with van der Waals surface area (Å²) in [5.74, 6) is 1.13. The Hall–Kier alpha value is -2.55. The van der Waals surface area contributed by atoms with E-state index in [0.29, 0.717) is 6.54 Å². The molecule has 0 spiro atoms. The van der Waals surface area contributed by atoms with Crippen LogP contribution in [0.1, 0.15) is 36.7 Å². The Balaban J connectivity index is 1.67. The van der Waals surface area contributed by atoms with E-state index in [1.807, 2.05) is 12.1 Å². The first-order valence-corrected chi connectivity index (χ1v) is 9.01. The summed E-state index contributed by atoms with van der Waals surface area (Å²) in [6.45, 7) is 2.26. The van der Waals surface area contributed by atoms with Crippen molar-refractivity contribution >= 4 is 16.9 Å². The monoisotopic (exact) mass is 335 g/mol. The highest BCUT2D eigenvalue weighted by Gasteiger charge is 2.13. The van der Waals surface area contributed by atoms with E-state index in [-0.39, 0.29) is 5.91 Å². The van der Waals surface area contributed by atoms with Gasteiger partial charge in [0.1, 0.15) is 11.3 Å². The minimum absolute atomic E-state index is 0.0279. The fourth-order valence-corrected chi connectivity index (χ4v) is 3.25. The van der Waals surface area contributed by atoms with Gasteiger partial charge in [-0.15, -0.1) is 0 Å². The molecule has 3 heteroatoms. The van der Waals surface area contributed by atoms with Gasteiger partial charge >= 0.3 is 0 Å². The van der Waals surface area contributed by atoms with Gasteiger partial charge in [0.25, 0.3) is 0 Å². The molecule has 3 nitrogen and oxygen atoms in total. The van der Waals surface area contributed by atoms with Crippen molar-refractivity contribution in [3.05, 3.63) is 71.5 Å². The van der Waals surface area contributed by atoms with Crippen LogP contribution >= 0.6 is 0 Å². The largest absolute Gasteiger partial charge is 0.461 e. The molecule has 0 bridgehead atoms. The van der Waals surface area contributed by atoms with Crippen LogP contribution < -0.4 is 5.32 Å². The van der Waals surface area contributed by atoms with Crippen molar-refractivity contribution in [3.63, 3.8) is 0 Å². The zero-order chi connectivity index (χ0) is 17.5. The Morgan fingerprint density at radius 2 is 1.68 bits per heavy atom. The summed E-state index contributed by atoms with van der Waals surface area (Å²) >= 11 is 0. The lowest BCUT2D eigenvalue weighted by Crippen LogP contribution is -2.21. The Kier molecular flexibility index (Phi) is 5.89. The molecule has 0 fully saturated rings. The van der Waals surface area contributed by atoms with Crippen LogP contribution in [0.3, 0.4) is 0 Å². The minimum atomic E-state index is 0.0279. The molecule has 0 saturated heterocycles. The van der Waals surface area contributed by atoms with E-state index in [0.717, 1.165) is 43.4 Å². The van der Waals surface area contributed by atoms with Crippen molar-refractivity contribution in [1.82, 2.24) is 5.32 Å². The van der Waals surface area contributed by atoms with Gasteiger partial charge in [0.15, 0.2) is 0 Å². The number of hydrogen-bond donors (Lipinski definition) is 1. The first-order chi connectivity index (χ1) is 12.2. The molecule has 1 aromatic heterocycles. The van der Waals surface area contributed by atoms with E-state index < -0.39 is 0 Å². The van der Waals surface area contributed by atoms with Crippen LogP contribution in [-0.2, 0) is 24.1 Å². The molecule has 3 rings (SSSR count). The first-order valence-electron chi connectivity index (χ1n) is 9.01. The smallest absolute Gasteiger partial charge is 0.216 e. The zero-order valence-corrected chi connectivity index (χ0v) is 14.8. The van der Waals surface area contributed by atoms with Crippen LogP contribution in [0.5, 0.6) is 0 Å². The zero-order valence-electron chi connectivity index (χ0n) is 14.8. The van der Waals surface area contributed by atoms with E-state index in [9.17, 15) is 4.79 Å². The number of benzene rings is 2. The number of aryl methyl sites for hydroxylation is 3. The first kappa shape index (κ1) is 17.3. The molecule has 0 saturated carbocycles. The second-order valence-corrected chi connectivity index (χ2v) is 6.43. The molecule has 0 radical (unpaired) electrons. The van der Waals surface area contributed by atoms with Crippen LogP contribution in [0, 0.1) is 0 Å². The summed E-state index contributed by atoms with van der Waals surface area (Å²) in [5.41, 5.74) is 3.63. The van der Waals surface area contributed by atoms with Crippen molar-refractivity contribution in [2.75, 3.05) is 6.54 Å². The number of furan rings is 1. The summed E-state index contributed by atoms with van der Waals surface area (Å²) < 4.78 is 6.13. The van der Waals surface area contributed by atoms with Crippen molar-refractivity contribution in [3.8, 4) is 0 Å². The molecule has 0 aliphatic carbocycles. The quantitative estimate of drug-likeness (QED) is 0.608. The van der Waals surface area contributed by atoms with Gasteiger partial charge in [0.2, 0.25) is 5.91 Å². The molecular weight excluding hydrogens is 310 g/mol.